The SMILES string of the molecule is Cc1cc(N2CCCN(Cc3ccc(Cl)cc3)CC2)n2ncnc2n1. The summed E-state index contributed by atoms with van der Waals surface area (Å²) in [4.78, 5) is 13.5. The maximum Gasteiger partial charge on any atom is 0.254 e. The van der Waals surface area contributed by atoms with Crippen LogP contribution in [0, 0.1) is 6.92 Å². The molecule has 1 fully saturated rings. The molecule has 0 spiro atoms. The van der Waals surface area contributed by atoms with E-state index >= 15 is 0 Å². The molecule has 3 aromatic rings. The molecule has 1 aliphatic rings. The molecule has 0 radical (unpaired) electrons. The lowest BCUT2D eigenvalue weighted by Gasteiger charge is -2.24. The first kappa shape index (κ1) is 16.3. The molecule has 7 heteroatoms. The third-order valence-corrected chi connectivity index (χ3v) is 4.85. The molecule has 6 nitrogen and oxygen atoms in total. The van der Waals surface area contributed by atoms with Crippen molar-refractivity contribution in [1.29, 1.82) is 0 Å². The first-order valence-corrected chi connectivity index (χ1v) is 8.96. The number of fused-ring (bicyclic) bond motifs is 1. The van der Waals surface area contributed by atoms with Gasteiger partial charge in [-0.1, -0.05) is 23.7 Å². The smallest absolute Gasteiger partial charge is 0.254 e. The summed E-state index contributed by atoms with van der Waals surface area (Å²) in [6, 6.07) is 10.2. The van der Waals surface area contributed by atoms with E-state index in [4.69, 9.17) is 11.6 Å². The molecule has 4 rings (SSSR count). The van der Waals surface area contributed by atoms with Crippen molar-refractivity contribution in [3.63, 3.8) is 0 Å². The fourth-order valence-corrected chi connectivity index (χ4v) is 3.47. The highest BCUT2D eigenvalue weighted by molar-refractivity contribution is 6.30. The monoisotopic (exact) mass is 356 g/mol. The Morgan fingerprint density at radius 2 is 1.92 bits per heavy atom. The van der Waals surface area contributed by atoms with Crippen LogP contribution in [0.25, 0.3) is 5.78 Å². The van der Waals surface area contributed by atoms with Gasteiger partial charge in [0.1, 0.15) is 12.1 Å². The first-order valence-electron chi connectivity index (χ1n) is 8.58. The quantitative estimate of drug-likeness (QED) is 0.722. The molecule has 25 heavy (non-hydrogen) atoms. The Labute approximate surface area is 152 Å². The standard InChI is InChI=1S/C18H21ClN6/c1-14-11-17(25-18(22-14)20-13-21-25)24-8-2-7-23(9-10-24)12-15-3-5-16(19)6-4-15/h3-6,11,13H,2,7-10,12H2,1H3. The molecule has 3 heterocycles. The summed E-state index contributed by atoms with van der Waals surface area (Å²) in [6.45, 7) is 7.04. The van der Waals surface area contributed by atoms with Crippen molar-refractivity contribution in [3.8, 4) is 0 Å². The molecule has 0 saturated carbocycles. The van der Waals surface area contributed by atoms with E-state index in [2.05, 4.69) is 43.1 Å². The Balaban J connectivity index is 1.49. The second-order valence-electron chi connectivity index (χ2n) is 6.47. The van der Waals surface area contributed by atoms with Gasteiger partial charge in [0.25, 0.3) is 5.78 Å². The van der Waals surface area contributed by atoms with Crippen LogP contribution in [0.4, 0.5) is 5.82 Å². The van der Waals surface area contributed by atoms with Crippen LogP contribution in [0.2, 0.25) is 5.02 Å². The number of nitrogens with zero attached hydrogens (tertiary/aromatic N) is 6. The summed E-state index contributed by atoms with van der Waals surface area (Å²) in [5, 5.41) is 5.12. The number of benzene rings is 1. The van der Waals surface area contributed by atoms with E-state index in [1.54, 1.807) is 6.33 Å². The largest absolute Gasteiger partial charge is 0.355 e. The molecule has 0 aliphatic carbocycles. The topological polar surface area (TPSA) is 49.6 Å². The summed E-state index contributed by atoms with van der Waals surface area (Å²) in [5.41, 5.74) is 2.27. The lowest BCUT2D eigenvalue weighted by Crippen LogP contribution is -2.31. The summed E-state index contributed by atoms with van der Waals surface area (Å²) in [7, 11) is 0. The van der Waals surface area contributed by atoms with E-state index < -0.39 is 0 Å². The van der Waals surface area contributed by atoms with Crippen LogP contribution in [-0.4, -0.2) is 50.7 Å². The average Bonchev–Trinajstić information content (AvgIpc) is 2.95. The number of aryl methyl sites for hydroxylation is 1. The van der Waals surface area contributed by atoms with E-state index in [0.29, 0.717) is 5.78 Å². The predicted octanol–water partition coefficient (Wildman–Crippen LogP) is 2.80. The van der Waals surface area contributed by atoms with Crippen LogP contribution in [0.15, 0.2) is 36.7 Å². The zero-order valence-corrected chi connectivity index (χ0v) is 15.0. The molecular weight excluding hydrogens is 336 g/mol. The van der Waals surface area contributed by atoms with Crippen LogP contribution in [0.1, 0.15) is 17.7 Å². The third-order valence-electron chi connectivity index (χ3n) is 4.59. The molecule has 1 saturated heterocycles. The minimum absolute atomic E-state index is 0.664. The second-order valence-corrected chi connectivity index (χ2v) is 6.91. The molecule has 0 bridgehead atoms. The lowest BCUT2D eigenvalue weighted by atomic mass is 10.2. The molecule has 0 atom stereocenters. The maximum atomic E-state index is 5.98. The van der Waals surface area contributed by atoms with Gasteiger partial charge in [-0.15, -0.1) is 0 Å². The first-order chi connectivity index (χ1) is 12.2. The van der Waals surface area contributed by atoms with Crippen molar-refractivity contribution in [3.05, 3.63) is 52.9 Å². The van der Waals surface area contributed by atoms with Crippen molar-refractivity contribution in [1.82, 2.24) is 24.5 Å². The van der Waals surface area contributed by atoms with Crippen molar-refractivity contribution in [2.45, 2.75) is 19.9 Å². The number of hydrogen-bond acceptors (Lipinski definition) is 5. The Hall–Kier alpha value is -2.18. The number of hydrogen-bond donors (Lipinski definition) is 0. The van der Waals surface area contributed by atoms with Crippen LogP contribution in [0.3, 0.4) is 0 Å². The van der Waals surface area contributed by atoms with Crippen LogP contribution >= 0.6 is 11.6 Å². The maximum absolute atomic E-state index is 5.98. The minimum atomic E-state index is 0.664. The Morgan fingerprint density at radius 1 is 1.08 bits per heavy atom. The highest BCUT2D eigenvalue weighted by Crippen LogP contribution is 2.19. The molecule has 0 N–H and O–H groups in total. The van der Waals surface area contributed by atoms with Gasteiger partial charge in [0.2, 0.25) is 0 Å². The predicted molar refractivity (Wildman–Crippen MR) is 99.1 cm³/mol. The minimum Gasteiger partial charge on any atom is -0.355 e. The normalized spacial score (nSPS) is 16.3. The highest BCUT2D eigenvalue weighted by atomic mass is 35.5. The van der Waals surface area contributed by atoms with E-state index in [1.165, 1.54) is 5.56 Å². The Kier molecular flexibility index (Phi) is 4.55. The van der Waals surface area contributed by atoms with Crippen molar-refractivity contribution >= 4 is 23.2 Å². The van der Waals surface area contributed by atoms with Gasteiger partial charge in [-0.3, -0.25) is 4.90 Å². The van der Waals surface area contributed by atoms with Gasteiger partial charge in [0.05, 0.1) is 0 Å². The van der Waals surface area contributed by atoms with Gasteiger partial charge in [-0.05, 0) is 31.0 Å². The Bertz CT molecular complexity index is 860. The van der Waals surface area contributed by atoms with Gasteiger partial charge in [-0.2, -0.15) is 14.6 Å². The zero-order chi connectivity index (χ0) is 17.2. The number of rotatable bonds is 3. The summed E-state index contributed by atoms with van der Waals surface area (Å²) in [5.74, 6) is 1.74. The van der Waals surface area contributed by atoms with Crippen LogP contribution < -0.4 is 4.90 Å². The summed E-state index contributed by atoms with van der Waals surface area (Å²) >= 11 is 5.98. The molecular formula is C18H21ClN6. The van der Waals surface area contributed by atoms with Gasteiger partial charge in [0, 0.05) is 49.5 Å². The number of anilines is 1. The Morgan fingerprint density at radius 3 is 2.76 bits per heavy atom. The summed E-state index contributed by atoms with van der Waals surface area (Å²) in [6.07, 6.45) is 2.68. The van der Waals surface area contributed by atoms with E-state index in [1.807, 2.05) is 23.6 Å². The lowest BCUT2D eigenvalue weighted by molar-refractivity contribution is 0.285. The van der Waals surface area contributed by atoms with Gasteiger partial charge in [0.15, 0.2) is 0 Å². The number of aromatic nitrogens is 4. The van der Waals surface area contributed by atoms with Gasteiger partial charge < -0.3 is 4.90 Å². The number of halogens is 1. The third kappa shape index (κ3) is 3.60. The summed E-state index contributed by atoms with van der Waals surface area (Å²) < 4.78 is 1.84. The van der Waals surface area contributed by atoms with Gasteiger partial charge in [-0.25, -0.2) is 4.98 Å². The molecule has 130 valence electrons. The molecule has 0 amide bonds. The van der Waals surface area contributed by atoms with Crippen molar-refractivity contribution in [2.24, 2.45) is 0 Å². The fraction of sp³-hybridized carbons (Fsp3) is 0.389. The zero-order valence-electron chi connectivity index (χ0n) is 14.3. The van der Waals surface area contributed by atoms with E-state index in [-0.39, 0.29) is 0 Å². The van der Waals surface area contributed by atoms with E-state index in [0.717, 1.165) is 55.7 Å². The highest BCUT2D eigenvalue weighted by Gasteiger charge is 2.18. The molecule has 2 aromatic heterocycles. The van der Waals surface area contributed by atoms with Gasteiger partial charge >= 0.3 is 0 Å². The second kappa shape index (κ2) is 6.98. The molecule has 1 aliphatic heterocycles. The van der Waals surface area contributed by atoms with Crippen LogP contribution in [-0.2, 0) is 6.54 Å². The van der Waals surface area contributed by atoms with Crippen molar-refractivity contribution in [2.75, 3.05) is 31.1 Å². The molecule has 1 aromatic carbocycles. The van der Waals surface area contributed by atoms with Crippen LogP contribution in [0.5, 0.6) is 0 Å². The molecule has 0 unspecified atom stereocenters. The van der Waals surface area contributed by atoms with Crippen molar-refractivity contribution < 1.29 is 0 Å². The van der Waals surface area contributed by atoms with E-state index in [9.17, 15) is 0 Å². The average molecular weight is 357 g/mol. The fourth-order valence-electron chi connectivity index (χ4n) is 3.34.